The van der Waals surface area contributed by atoms with E-state index >= 15 is 0 Å². The van der Waals surface area contributed by atoms with Crippen LogP contribution in [0, 0.1) is 6.92 Å². The number of carbonyl (C=O) groups is 1. The standard InChI is InChI=1S/C22H24N4O2/c1-16-25-20(22(27)23-13-12-17-6-4-3-5-7-17)14-21(26-16)24-15-18-8-10-19(28-2)11-9-18/h3-11,14H,12-13,15H2,1-2H3,(H,23,27)(H,24,25,26). The lowest BCUT2D eigenvalue weighted by Crippen LogP contribution is -2.27. The average molecular weight is 376 g/mol. The summed E-state index contributed by atoms with van der Waals surface area (Å²) in [5, 5.41) is 6.16. The number of aryl methyl sites for hydroxylation is 1. The number of methoxy groups -OCH3 is 1. The lowest BCUT2D eigenvalue weighted by Gasteiger charge is -2.10. The van der Waals surface area contributed by atoms with Crippen LogP contribution < -0.4 is 15.4 Å². The van der Waals surface area contributed by atoms with Crippen LogP contribution in [0.5, 0.6) is 5.75 Å². The van der Waals surface area contributed by atoms with Gasteiger partial charge < -0.3 is 15.4 Å². The fourth-order valence-corrected chi connectivity index (χ4v) is 2.77. The zero-order chi connectivity index (χ0) is 19.8. The third-order valence-electron chi connectivity index (χ3n) is 4.25. The number of benzene rings is 2. The van der Waals surface area contributed by atoms with E-state index < -0.39 is 0 Å². The van der Waals surface area contributed by atoms with Gasteiger partial charge in [-0.05, 0) is 36.6 Å². The maximum atomic E-state index is 12.4. The number of nitrogens with one attached hydrogen (secondary N) is 2. The summed E-state index contributed by atoms with van der Waals surface area (Å²) in [4.78, 5) is 21.1. The van der Waals surface area contributed by atoms with E-state index in [2.05, 4.69) is 20.6 Å². The Bertz CT molecular complexity index is 912. The topological polar surface area (TPSA) is 76.1 Å². The smallest absolute Gasteiger partial charge is 0.270 e. The Hall–Kier alpha value is -3.41. The highest BCUT2D eigenvalue weighted by Crippen LogP contribution is 2.13. The van der Waals surface area contributed by atoms with Crippen molar-refractivity contribution in [2.45, 2.75) is 19.9 Å². The molecule has 0 saturated heterocycles. The summed E-state index contributed by atoms with van der Waals surface area (Å²) in [7, 11) is 1.64. The van der Waals surface area contributed by atoms with Gasteiger partial charge in [0, 0.05) is 19.2 Å². The molecular formula is C22H24N4O2. The van der Waals surface area contributed by atoms with Crippen molar-refractivity contribution in [1.82, 2.24) is 15.3 Å². The molecule has 2 aromatic carbocycles. The molecule has 0 unspecified atom stereocenters. The molecule has 0 saturated carbocycles. The van der Waals surface area contributed by atoms with Gasteiger partial charge in [0.2, 0.25) is 0 Å². The van der Waals surface area contributed by atoms with Gasteiger partial charge in [0.1, 0.15) is 23.1 Å². The van der Waals surface area contributed by atoms with Crippen LogP contribution in [-0.2, 0) is 13.0 Å². The van der Waals surface area contributed by atoms with Crippen molar-refractivity contribution in [1.29, 1.82) is 0 Å². The predicted octanol–water partition coefficient (Wildman–Crippen LogP) is 3.38. The summed E-state index contributed by atoms with van der Waals surface area (Å²) in [5.74, 6) is 1.79. The number of hydrogen-bond donors (Lipinski definition) is 2. The second kappa shape index (κ2) is 9.50. The maximum Gasteiger partial charge on any atom is 0.270 e. The Balaban J connectivity index is 1.57. The highest BCUT2D eigenvalue weighted by Gasteiger charge is 2.10. The summed E-state index contributed by atoms with van der Waals surface area (Å²) in [5.41, 5.74) is 2.63. The number of hydrogen-bond acceptors (Lipinski definition) is 5. The first kappa shape index (κ1) is 19.4. The highest BCUT2D eigenvalue weighted by atomic mass is 16.5. The third kappa shape index (κ3) is 5.54. The molecule has 3 rings (SSSR count). The minimum absolute atomic E-state index is 0.200. The van der Waals surface area contributed by atoms with Crippen LogP contribution >= 0.6 is 0 Å². The quantitative estimate of drug-likeness (QED) is 0.630. The number of anilines is 1. The van der Waals surface area contributed by atoms with Crippen LogP contribution in [0.25, 0.3) is 0 Å². The monoisotopic (exact) mass is 376 g/mol. The first-order valence-electron chi connectivity index (χ1n) is 9.18. The van der Waals surface area contributed by atoms with E-state index in [-0.39, 0.29) is 5.91 Å². The summed E-state index contributed by atoms with van der Waals surface area (Å²) >= 11 is 0. The summed E-state index contributed by atoms with van der Waals surface area (Å²) in [6.45, 7) is 2.93. The van der Waals surface area contributed by atoms with Crippen molar-refractivity contribution in [2.75, 3.05) is 19.0 Å². The van der Waals surface area contributed by atoms with Gasteiger partial charge in [-0.1, -0.05) is 42.5 Å². The normalized spacial score (nSPS) is 10.4. The van der Waals surface area contributed by atoms with Crippen LogP contribution in [-0.4, -0.2) is 29.5 Å². The molecule has 144 valence electrons. The Kier molecular flexibility index (Phi) is 6.57. The summed E-state index contributed by atoms with van der Waals surface area (Å²) in [6.07, 6.45) is 0.777. The maximum absolute atomic E-state index is 12.4. The van der Waals surface area contributed by atoms with Crippen molar-refractivity contribution >= 4 is 11.7 Å². The molecule has 0 fully saturated rings. The molecule has 28 heavy (non-hydrogen) atoms. The number of amides is 1. The van der Waals surface area contributed by atoms with Gasteiger partial charge in [-0.3, -0.25) is 4.79 Å². The SMILES string of the molecule is COc1ccc(CNc2cc(C(=O)NCCc3ccccc3)nc(C)n2)cc1. The average Bonchev–Trinajstić information content (AvgIpc) is 2.73. The molecule has 0 atom stereocenters. The van der Waals surface area contributed by atoms with Gasteiger partial charge in [0.15, 0.2) is 0 Å². The molecule has 1 amide bonds. The van der Waals surface area contributed by atoms with E-state index in [1.165, 1.54) is 5.56 Å². The Morgan fingerprint density at radius 2 is 1.75 bits per heavy atom. The van der Waals surface area contributed by atoms with Crippen LogP contribution in [0.2, 0.25) is 0 Å². The van der Waals surface area contributed by atoms with Crippen molar-refractivity contribution in [2.24, 2.45) is 0 Å². The van der Waals surface area contributed by atoms with Crippen molar-refractivity contribution in [3.8, 4) is 5.75 Å². The summed E-state index contributed by atoms with van der Waals surface area (Å²) in [6, 6.07) is 19.5. The second-order valence-electron chi connectivity index (χ2n) is 6.38. The van der Waals surface area contributed by atoms with E-state index in [1.807, 2.05) is 54.6 Å². The number of aromatic nitrogens is 2. The number of ether oxygens (including phenoxy) is 1. The molecule has 0 bridgehead atoms. The van der Waals surface area contributed by atoms with E-state index in [4.69, 9.17) is 4.74 Å². The fourth-order valence-electron chi connectivity index (χ4n) is 2.77. The first-order chi connectivity index (χ1) is 13.6. The van der Waals surface area contributed by atoms with Gasteiger partial charge >= 0.3 is 0 Å². The lowest BCUT2D eigenvalue weighted by molar-refractivity contribution is 0.0949. The highest BCUT2D eigenvalue weighted by molar-refractivity contribution is 5.92. The Morgan fingerprint density at radius 1 is 1.00 bits per heavy atom. The lowest BCUT2D eigenvalue weighted by atomic mass is 10.1. The molecule has 0 aliphatic rings. The van der Waals surface area contributed by atoms with E-state index in [1.54, 1.807) is 20.1 Å². The molecule has 6 heteroatoms. The van der Waals surface area contributed by atoms with Crippen molar-refractivity contribution < 1.29 is 9.53 Å². The molecular weight excluding hydrogens is 352 g/mol. The zero-order valence-corrected chi connectivity index (χ0v) is 16.1. The minimum Gasteiger partial charge on any atom is -0.497 e. The Morgan fingerprint density at radius 3 is 2.46 bits per heavy atom. The largest absolute Gasteiger partial charge is 0.497 e. The molecule has 0 spiro atoms. The number of rotatable bonds is 8. The van der Waals surface area contributed by atoms with Gasteiger partial charge in [0.25, 0.3) is 5.91 Å². The summed E-state index contributed by atoms with van der Waals surface area (Å²) < 4.78 is 5.16. The zero-order valence-electron chi connectivity index (χ0n) is 16.1. The number of nitrogens with zero attached hydrogens (tertiary/aromatic N) is 2. The van der Waals surface area contributed by atoms with E-state index in [0.29, 0.717) is 30.4 Å². The van der Waals surface area contributed by atoms with Gasteiger partial charge in [-0.25, -0.2) is 9.97 Å². The predicted molar refractivity (Wildman–Crippen MR) is 110 cm³/mol. The van der Waals surface area contributed by atoms with Gasteiger partial charge in [-0.2, -0.15) is 0 Å². The minimum atomic E-state index is -0.200. The molecule has 2 N–H and O–H groups in total. The van der Waals surface area contributed by atoms with Crippen LogP contribution in [0.1, 0.15) is 27.4 Å². The van der Waals surface area contributed by atoms with Gasteiger partial charge in [-0.15, -0.1) is 0 Å². The van der Waals surface area contributed by atoms with Crippen LogP contribution in [0.15, 0.2) is 60.7 Å². The molecule has 3 aromatic rings. The number of carbonyl (C=O) groups excluding carboxylic acids is 1. The van der Waals surface area contributed by atoms with Crippen LogP contribution in [0.3, 0.4) is 0 Å². The fraction of sp³-hybridized carbons (Fsp3) is 0.227. The van der Waals surface area contributed by atoms with Crippen molar-refractivity contribution in [3.05, 3.63) is 83.3 Å². The second-order valence-corrected chi connectivity index (χ2v) is 6.38. The molecule has 6 nitrogen and oxygen atoms in total. The molecule has 0 aliphatic heterocycles. The first-order valence-corrected chi connectivity index (χ1v) is 9.18. The molecule has 0 radical (unpaired) electrons. The third-order valence-corrected chi connectivity index (χ3v) is 4.25. The van der Waals surface area contributed by atoms with E-state index in [9.17, 15) is 4.79 Å². The molecule has 1 aromatic heterocycles. The molecule has 1 heterocycles. The van der Waals surface area contributed by atoms with Crippen LogP contribution in [0.4, 0.5) is 5.82 Å². The molecule has 0 aliphatic carbocycles. The van der Waals surface area contributed by atoms with Gasteiger partial charge in [0.05, 0.1) is 7.11 Å². The Labute approximate surface area is 165 Å². The van der Waals surface area contributed by atoms with E-state index in [0.717, 1.165) is 17.7 Å². The van der Waals surface area contributed by atoms with Crippen molar-refractivity contribution in [3.63, 3.8) is 0 Å².